The van der Waals surface area contributed by atoms with Crippen LogP contribution in [0.4, 0.5) is 0 Å². The van der Waals surface area contributed by atoms with E-state index in [2.05, 4.69) is 23.6 Å². The summed E-state index contributed by atoms with van der Waals surface area (Å²) in [5, 5.41) is 20.4. The van der Waals surface area contributed by atoms with Crippen LogP contribution in [0.15, 0.2) is 35.7 Å². The second-order valence-corrected chi connectivity index (χ2v) is 7.26. The monoisotopic (exact) mass is 308 g/mol. The van der Waals surface area contributed by atoms with Gasteiger partial charge >= 0.3 is 0 Å². The van der Waals surface area contributed by atoms with Gasteiger partial charge in [-0.05, 0) is 35.7 Å². The van der Waals surface area contributed by atoms with Gasteiger partial charge in [0.15, 0.2) is 0 Å². The van der Waals surface area contributed by atoms with E-state index in [1.165, 1.54) is 20.2 Å². The van der Waals surface area contributed by atoms with Crippen molar-refractivity contribution >= 4 is 34.0 Å². The lowest BCUT2D eigenvalue weighted by molar-refractivity contribution is 0.285. The second kappa shape index (κ2) is 5.56. The summed E-state index contributed by atoms with van der Waals surface area (Å²) in [6.07, 6.45) is 0. The molecule has 0 bridgehead atoms. The number of aliphatic hydroxyl groups is 2. The molecule has 0 radical (unpaired) electrons. The van der Waals surface area contributed by atoms with E-state index in [4.69, 9.17) is 10.2 Å². The SMILES string of the molecule is OCc1ccc(-c2ccsc2-c2ccc(CO)s2)s1. The Morgan fingerprint density at radius 1 is 0.789 bits per heavy atom. The molecule has 0 aliphatic heterocycles. The number of rotatable bonds is 4. The summed E-state index contributed by atoms with van der Waals surface area (Å²) in [5.74, 6) is 0. The Bertz CT molecular complexity index is 621. The first-order valence-electron chi connectivity index (χ1n) is 5.79. The molecule has 0 saturated heterocycles. The van der Waals surface area contributed by atoms with Crippen LogP contribution in [0, 0.1) is 0 Å². The molecule has 0 fully saturated rings. The number of hydrogen-bond donors (Lipinski definition) is 2. The third kappa shape index (κ3) is 2.52. The summed E-state index contributed by atoms with van der Waals surface area (Å²) in [5.41, 5.74) is 1.21. The fourth-order valence-electron chi connectivity index (χ4n) is 1.89. The summed E-state index contributed by atoms with van der Waals surface area (Å²) in [6.45, 7) is 0.191. The van der Waals surface area contributed by atoms with E-state index in [9.17, 15) is 0 Å². The molecule has 2 nitrogen and oxygen atoms in total. The van der Waals surface area contributed by atoms with Crippen molar-refractivity contribution in [1.82, 2.24) is 0 Å². The van der Waals surface area contributed by atoms with Crippen LogP contribution in [0.5, 0.6) is 0 Å². The van der Waals surface area contributed by atoms with Crippen molar-refractivity contribution in [2.24, 2.45) is 0 Å². The maximum absolute atomic E-state index is 9.16. The molecule has 3 aromatic heterocycles. The molecule has 0 spiro atoms. The quantitative estimate of drug-likeness (QED) is 0.758. The Morgan fingerprint density at radius 2 is 1.42 bits per heavy atom. The van der Waals surface area contributed by atoms with Crippen LogP contribution in [0.2, 0.25) is 0 Å². The van der Waals surface area contributed by atoms with Gasteiger partial charge in [-0.15, -0.1) is 34.0 Å². The normalized spacial score (nSPS) is 11.1. The van der Waals surface area contributed by atoms with Crippen LogP contribution in [-0.4, -0.2) is 10.2 Å². The summed E-state index contributed by atoms with van der Waals surface area (Å²) in [7, 11) is 0. The highest BCUT2D eigenvalue weighted by Crippen LogP contribution is 2.42. The first kappa shape index (κ1) is 13.0. The third-order valence-corrected chi connectivity index (χ3v) is 6.06. The lowest BCUT2D eigenvalue weighted by Gasteiger charge is -1.98. The van der Waals surface area contributed by atoms with E-state index in [0.29, 0.717) is 0 Å². The third-order valence-electron chi connectivity index (χ3n) is 2.79. The Balaban J connectivity index is 2.02. The average molecular weight is 308 g/mol. The van der Waals surface area contributed by atoms with E-state index < -0.39 is 0 Å². The Kier molecular flexibility index (Phi) is 3.81. The Labute approximate surface area is 123 Å². The molecule has 5 heteroatoms. The summed E-state index contributed by atoms with van der Waals surface area (Å²) in [6, 6.07) is 10.2. The molecule has 0 saturated carbocycles. The maximum Gasteiger partial charge on any atom is 0.0774 e. The fraction of sp³-hybridized carbons (Fsp3) is 0.143. The average Bonchev–Trinajstić information content (AvgIpc) is 3.16. The van der Waals surface area contributed by atoms with Crippen molar-refractivity contribution in [2.45, 2.75) is 13.2 Å². The minimum Gasteiger partial charge on any atom is -0.391 e. The second-order valence-electron chi connectivity index (χ2n) is 4.01. The highest BCUT2D eigenvalue weighted by Gasteiger charge is 2.13. The smallest absolute Gasteiger partial charge is 0.0774 e. The Hall–Kier alpha value is -0.980. The van der Waals surface area contributed by atoms with Crippen LogP contribution < -0.4 is 0 Å². The van der Waals surface area contributed by atoms with Crippen LogP contribution in [0.1, 0.15) is 9.75 Å². The predicted molar refractivity (Wildman–Crippen MR) is 82.8 cm³/mol. The lowest BCUT2D eigenvalue weighted by atomic mass is 10.2. The van der Waals surface area contributed by atoms with E-state index >= 15 is 0 Å². The minimum absolute atomic E-state index is 0.0950. The van der Waals surface area contributed by atoms with Gasteiger partial charge in [-0.2, -0.15) is 0 Å². The van der Waals surface area contributed by atoms with Gasteiger partial charge in [0, 0.05) is 25.1 Å². The predicted octanol–water partition coefficient (Wildman–Crippen LogP) is 4.19. The first-order chi connectivity index (χ1) is 9.31. The number of thiophene rings is 3. The van der Waals surface area contributed by atoms with Crippen LogP contribution >= 0.6 is 34.0 Å². The van der Waals surface area contributed by atoms with Gasteiger partial charge in [0.1, 0.15) is 0 Å². The molecular weight excluding hydrogens is 296 g/mol. The van der Waals surface area contributed by atoms with Gasteiger partial charge in [0.2, 0.25) is 0 Å². The topological polar surface area (TPSA) is 40.5 Å². The van der Waals surface area contributed by atoms with E-state index in [-0.39, 0.29) is 13.2 Å². The largest absolute Gasteiger partial charge is 0.391 e. The van der Waals surface area contributed by atoms with E-state index in [1.54, 1.807) is 34.0 Å². The summed E-state index contributed by atoms with van der Waals surface area (Å²) >= 11 is 4.96. The van der Waals surface area contributed by atoms with Gasteiger partial charge in [-0.3, -0.25) is 0 Å². The molecule has 0 unspecified atom stereocenters. The van der Waals surface area contributed by atoms with E-state index in [1.807, 2.05) is 12.1 Å². The molecule has 2 N–H and O–H groups in total. The molecule has 3 rings (SSSR count). The van der Waals surface area contributed by atoms with Gasteiger partial charge in [0.25, 0.3) is 0 Å². The maximum atomic E-state index is 9.16. The van der Waals surface area contributed by atoms with Gasteiger partial charge < -0.3 is 10.2 Å². The molecule has 98 valence electrons. The highest BCUT2D eigenvalue weighted by atomic mass is 32.1. The van der Waals surface area contributed by atoms with Crippen molar-refractivity contribution in [3.63, 3.8) is 0 Å². The van der Waals surface area contributed by atoms with Gasteiger partial charge in [0.05, 0.1) is 18.1 Å². The molecule has 19 heavy (non-hydrogen) atoms. The molecule has 0 aliphatic carbocycles. The summed E-state index contributed by atoms with van der Waals surface area (Å²) in [4.78, 5) is 5.56. The van der Waals surface area contributed by atoms with E-state index in [0.717, 1.165) is 9.75 Å². The molecule has 0 aromatic carbocycles. The lowest BCUT2D eigenvalue weighted by Crippen LogP contribution is -1.72. The molecule has 3 aromatic rings. The zero-order chi connectivity index (χ0) is 13.2. The number of aliphatic hydroxyl groups excluding tert-OH is 2. The number of hydrogen-bond acceptors (Lipinski definition) is 5. The summed E-state index contributed by atoms with van der Waals surface area (Å²) < 4.78 is 0. The van der Waals surface area contributed by atoms with Crippen molar-refractivity contribution < 1.29 is 10.2 Å². The standard InChI is InChI=1S/C14H12O2S3/c15-7-9-1-3-12(18-9)11-5-6-17-14(11)13-4-2-10(8-16)19-13/h1-6,15-16H,7-8H2. The van der Waals surface area contributed by atoms with Crippen LogP contribution in [0.3, 0.4) is 0 Å². The van der Waals surface area contributed by atoms with Crippen LogP contribution in [-0.2, 0) is 13.2 Å². The highest BCUT2D eigenvalue weighted by molar-refractivity contribution is 7.22. The van der Waals surface area contributed by atoms with Crippen molar-refractivity contribution in [2.75, 3.05) is 0 Å². The van der Waals surface area contributed by atoms with Crippen molar-refractivity contribution in [3.05, 3.63) is 45.5 Å². The zero-order valence-electron chi connectivity index (χ0n) is 10.00. The zero-order valence-corrected chi connectivity index (χ0v) is 12.4. The fourth-order valence-corrected chi connectivity index (χ4v) is 4.77. The molecular formula is C14H12O2S3. The molecule has 0 amide bonds. The van der Waals surface area contributed by atoms with Gasteiger partial charge in [-0.1, -0.05) is 0 Å². The first-order valence-corrected chi connectivity index (χ1v) is 8.30. The van der Waals surface area contributed by atoms with Gasteiger partial charge in [-0.25, -0.2) is 0 Å². The minimum atomic E-state index is 0.0950. The van der Waals surface area contributed by atoms with Crippen molar-refractivity contribution in [3.8, 4) is 20.2 Å². The molecule has 0 atom stereocenters. The van der Waals surface area contributed by atoms with Crippen molar-refractivity contribution in [1.29, 1.82) is 0 Å². The molecule has 0 aliphatic rings. The molecule has 3 heterocycles. The Morgan fingerprint density at radius 3 is 2.05 bits per heavy atom. The van der Waals surface area contributed by atoms with Crippen LogP contribution in [0.25, 0.3) is 20.2 Å².